The first-order valence-corrected chi connectivity index (χ1v) is 14.9. The van der Waals surface area contributed by atoms with E-state index in [9.17, 15) is 14.7 Å². The van der Waals surface area contributed by atoms with Gasteiger partial charge in [0.2, 0.25) is 5.91 Å². The average Bonchev–Trinajstić information content (AvgIpc) is 3.53. The van der Waals surface area contributed by atoms with E-state index in [4.69, 9.17) is 9.15 Å². The quantitative estimate of drug-likeness (QED) is 0.304. The molecule has 0 saturated heterocycles. The van der Waals surface area contributed by atoms with Crippen molar-refractivity contribution in [2.45, 2.75) is 77.3 Å². The highest BCUT2D eigenvalue weighted by atomic mass is 16.5. The number of aliphatic hydroxyl groups excluding tert-OH is 1. The maximum Gasteiger partial charge on any atom is 0.270 e. The molecule has 0 bridgehead atoms. The van der Waals surface area contributed by atoms with Crippen molar-refractivity contribution >= 4 is 17.6 Å². The van der Waals surface area contributed by atoms with Gasteiger partial charge in [0, 0.05) is 58.3 Å². The SMILES string of the molecule is CC(=O)N(C)C1CCC(Nc2cc(C(=O)NC[C@H](O)CN3CCc4c(ccc(OCc5cnco5)c4C)C3)ncn2)CC1. The molecule has 12 heteroatoms. The smallest absolute Gasteiger partial charge is 0.270 e. The molecule has 3 N–H and O–H groups in total. The van der Waals surface area contributed by atoms with Crippen molar-refractivity contribution in [3.63, 3.8) is 0 Å². The van der Waals surface area contributed by atoms with Crippen LogP contribution in [0, 0.1) is 6.92 Å². The average molecular weight is 592 g/mol. The number of benzene rings is 1. The van der Waals surface area contributed by atoms with Crippen molar-refractivity contribution in [1.29, 1.82) is 0 Å². The molecule has 0 unspecified atom stereocenters. The Balaban J connectivity index is 1.06. The van der Waals surface area contributed by atoms with Gasteiger partial charge >= 0.3 is 0 Å². The van der Waals surface area contributed by atoms with Gasteiger partial charge in [0.1, 0.15) is 30.2 Å². The summed E-state index contributed by atoms with van der Waals surface area (Å²) in [5, 5.41) is 16.9. The molecule has 1 fully saturated rings. The van der Waals surface area contributed by atoms with E-state index >= 15 is 0 Å². The summed E-state index contributed by atoms with van der Waals surface area (Å²) >= 11 is 0. The van der Waals surface area contributed by atoms with Crippen LogP contribution in [0.15, 0.2) is 41.5 Å². The van der Waals surface area contributed by atoms with Crippen molar-refractivity contribution in [1.82, 2.24) is 30.1 Å². The number of ether oxygens (including phenoxy) is 1. The van der Waals surface area contributed by atoms with E-state index in [1.165, 1.54) is 23.8 Å². The van der Waals surface area contributed by atoms with Gasteiger partial charge < -0.3 is 29.8 Å². The maximum absolute atomic E-state index is 12.8. The molecule has 0 spiro atoms. The highest BCUT2D eigenvalue weighted by Gasteiger charge is 2.26. The van der Waals surface area contributed by atoms with Gasteiger partial charge in [-0.15, -0.1) is 0 Å². The van der Waals surface area contributed by atoms with Crippen LogP contribution >= 0.6 is 0 Å². The van der Waals surface area contributed by atoms with Crippen molar-refractivity contribution in [3.8, 4) is 5.75 Å². The Hall–Kier alpha value is -4.03. The van der Waals surface area contributed by atoms with Gasteiger partial charge in [0.25, 0.3) is 5.91 Å². The largest absolute Gasteiger partial charge is 0.485 e. The molecular formula is C31H41N7O5. The van der Waals surface area contributed by atoms with Crippen LogP contribution in [0.2, 0.25) is 0 Å². The van der Waals surface area contributed by atoms with E-state index in [0.717, 1.165) is 56.5 Å². The van der Waals surface area contributed by atoms with Crippen LogP contribution in [0.1, 0.15) is 65.5 Å². The van der Waals surface area contributed by atoms with Crippen molar-refractivity contribution in [2.75, 3.05) is 32.0 Å². The normalized spacial score (nSPS) is 19.3. The van der Waals surface area contributed by atoms with Crippen molar-refractivity contribution in [2.24, 2.45) is 0 Å². The number of anilines is 1. The first-order valence-electron chi connectivity index (χ1n) is 14.9. The molecule has 43 heavy (non-hydrogen) atoms. The zero-order chi connectivity index (χ0) is 30.3. The van der Waals surface area contributed by atoms with E-state index in [2.05, 4.69) is 43.5 Å². The van der Waals surface area contributed by atoms with Gasteiger partial charge in [0.15, 0.2) is 12.2 Å². The predicted octanol–water partition coefficient (Wildman–Crippen LogP) is 2.70. The van der Waals surface area contributed by atoms with E-state index in [1.54, 1.807) is 19.2 Å². The van der Waals surface area contributed by atoms with E-state index < -0.39 is 6.10 Å². The number of carbonyl (C=O) groups is 2. The third kappa shape index (κ3) is 7.88. The number of aliphatic hydroxyl groups is 1. The highest BCUT2D eigenvalue weighted by Crippen LogP contribution is 2.30. The summed E-state index contributed by atoms with van der Waals surface area (Å²) < 4.78 is 11.2. The number of β-amino-alcohol motifs (C(OH)–C–C–N with tert-alkyl or cyclic N) is 1. The summed E-state index contributed by atoms with van der Waals surface area (Å²) in [6, 6.07) is 6.19. The molecule has 5 rings (SSSR count). The van der Waals surface area contributed by atoms with Gasteiger partial charge in [-0.05, 0) is 61.8 Å². The molecule has 1 aliphatic carbocycles. The van der Waals surface area contributed by atoms with Crippen molar-refractivity contribution < 1.29 is 23.8 Å². The summed E-state index contributed by atoms with van der Waals surface area (Å²) in [4.78, 5) is 40.8. The molecule has 0 radical (unpaired) electrons. The molecular weight excluding hydrogens is 550 g/mol. The van der Waals surface area contributed by atoms with Crippen LogP contribution in [0.3, 0.4) is 0 Å². The lowest BCUT2D eigenvalue weighted by molar-refractivity contribution is -0.130. The molecule has 1 atom stereocenters. The molecule has 3 aromatic rings. The van der Waals surface area contributed by atoms with Gasteiger partial charge in [-0.25, -0.2) is 15.0 Å². The highest BCUT2D eigenvalue weighted by molar-refractivity contribution is 5.92. The van der Waals surface area contributed by atoms with Gasteiger partial charge in [-0.2, -0.15) is 0 Å². The predicted molar refractivity (Wildman–Crippen MR) is 159 cm³/mol. The Kier molecular flexibility index (Phi) is 9.88. The summed E-state index contributed by atoms with van der Waals surface area (Å²) in [6.07, 6.45) is 8.22. The van der Waals surface area contributed by atoms with Crippen LogP contribution in [0.4, 0.5) is 5.82 Å². The second-order valence-corrected chi connectivity index (χ2v) is 11.5. The van der Waals surface area contributed by atoms with Crippen LogP contribution in [0.25, 0.3) is 0 Å². The minimum absolute atomic E-state index is 0.0879. The Bertz CT molecular complexity index is 1390. The molecule has 2 amide bonds. The summed E-state index contributed by atoms with van der Waals surface area (Å²) in [6.45, 7) is 6.09. The summed E-state index contributed by atoms with van der Waals surface area (Å²) in [7, 11) is 1.86. The van der Waals surface area contributed by atoms with Crippen molar-refractivity contribution in [3.05, 3.63) is 65.3 Å². The molecule has 12 nitrogen and oxygen atoms in total. The third-order valence-electron chi connectivity index (χ3n) is 8.53. The summed E-state index contributed by atoms with van der Waals surface area (Å²) in [5.41, 5.74) is 3.86. The fourth-order valence-electron chi connectivity index (χ4n) is 5.95. The Morgan fingerprint density at radius 2 is 2.05 bits per heavy atom. The molecule has 1 saturated carbocycles. The Morgan fingerprint density at radius 1 is 1.23 bits per heavy atom. The molecule has 2 aliphatic rings. The fourth-order valence-corrected chi connectivity index (χ4v) is 5.95. The van der Waals surface area contributed by atoms with E-state index in [0.29, 0.717) is 24.7 Å². The lowest BCUT2D eigenvalue weighted by Crippen LogP contribution is -2.42. The monoisotopic (exact) mass is 591 g/mol. The Labute approximate surface area is 251 Å². The van der Waals surface area contributed by atoms with Crippen LogP contribution in [-0.4, -0.2) is 86.5 Å². The van der Waals surface area contributed by atoms with Gasteiger partial charge in [-0.1, -0.05) is 6.07 Å². The standard InChI is InChI=1S/C31H41N7O5/c1-20-27-10-11-38(15-22(27)4-9-29(20)42-17-26-14-32-19-43-26)16-25(40)13-33-31(41)28-12-30(35-18-34-28)36-23-5-7-24(8-6-23)37(3)21(2)39/h4,9,12,14,18-19,23-25,40H,5-8,10-11,13,15-17H2,1-3H3,(H,33,41)(H,34,35,36)/t23?,24?,25-/m0/s1. The summed E-state index contributed by atoms with van der Waals surface area (Å²) in [5.74, 6) is 1.84. The molecule has 3 heterocycles. The van der Waals surface area contributed by atoms with Crippen LogP contribution < -0.4 is 15.4 Å². The lowest BCUT2D eigenvalue weighted by Gasteiger charge is -2.34. The first kappa shape index (κ1) is 30.4. The number of nitrogens with one attached hydrogen (secondary N) is 2. The number of oxazole rings is 1. The lowest BCUT2D eigenvalue weighted by atomic mass is 9.90. The number of hydrogen-bond donors (Lipinski definition) is 3. The minimum Gasteiger partial charge on any atom is -0.485 e. The topological polar surface area (TPSA) is 146 Å². The molecule has 230 valence electrons. The maximum atomic E-state index is 12.8. The van der Waals surface area contributed by atoms with E-state index in [1.807, 2.05) is 18.0 Å². The van der Waals surface area contributed by atoms with Crippen LogP contribution in [-0.2, 0) is 24.4 Å². The van der Waals surface area contributed by atoms with Gasteiger partial charge in [0.05, 0.1) is 12.3 Å². The zero-order valence-electron chi connectivity index (χ0n) is 25.1. The number of carbonyl (C=O) groups excluding carboxylic acids is 2. The minimum atomic E-state index is -0.723. The third-order valence-corrected chi connectivity index (χ3v) is 8.53. The number of aromatic nitrogens is 3. The molecule has 1 aromatic carbocycles. The number of hydrogen-bond acceptors (Lipinski definition) is 10. The number of rotatable bonds is 11. The number of nitrogens with zero attached hydrogens (tertiary/aromatic N) is 5. The molecule has 1 aliphatic heterocycles. The first-order chi connectivity index (χ1) is 20.8. The van der Waals surface area contributed by atoms with E-state index in [-0.39, 0.29) is 36.1 Å². The number of amides is 2. The zero-order valence-corrected chi connectivity index (χ0v) is 25.1. The second kappa shape index (κ2) is 14.0. The molecule has 2 aromatic heterocycles. The second-order valence-electron chi connectivity index (χ2n) is 11.5. The number of fused-ring (bicyclic) bond motifs is 1. The fraction of sp³-hybridized carbons (Fsp3) is 0.516. The van der Waals surface area contributed by atoms with Crippen LogP contribution in [0.5, 0.6) is 5.75 Å². The Morgan fingerprint density at radius 3 is 2.79 bits per heavy atom. The van der Waals surface area contributed by atoms with Gasteiger partial charge in [-0.3, -0.25) is 14.5 Å².